The largest absolute Gasteiger partial charge is 0.396 e. The van der Waals surface area contributed by atoms with Crippen molar-refractivity contribution in [3.05, 3.63) is 29.3 Å². The average Bonchev–Trinajstić information content (AvgIpc) is 2.29. The maximum Gasteiger partial charge on any atom is 0.0476 e. The van der Waals surface area contributed by atoms with Gasteiger partial charge in [0, 0.05) is 30.4 Å². The van der Waals surface area contributed by atoms with Gasteiger partial charge in [0.1, 0.15) is 0 Å². The van der Waals surface area contributed by atoms with Crippen LogP contribution in [-0.4, -0.2) is 24.8 Å². The molecule has 2 rings (SSSR count). The second-order valence-electron chi connectivity index (χ2n) is 4.12. The first-order valence-electron chi connectivity index (χ1n) is 5.41. The maximum absolute atomic E-state index is 9.16. The Balaban J connectivity index is 2.09. The fourth-order valence-electron chi connectivity index (χ4n) is 2.12. The van der Waals surface area contributed by atoms with Crippen LogP contribution in [0.2, 0.25) is 5.02 Å². The molecule has 0 aromatic heterocycles. The lowest BCUT2D eigenvalue weighted by Gasteiger charge is -2.33. The van der Waals surface area contributed by atoms with Gasteiger partial charge in [-0.25, -0.2) is 0 Å². The van der Waals surface area contributed by atoms with Gasteiger partial charge in [0.2, 0.25) is 0 Å². The summed E-state index contributed by atoms with van der Waals surface area (Å²) in [5, 5.41) is 9.93. The summed E-state index contributed by atoms with van der Waals surface area (Å²) in [4.78, 5) is 2.30. The number of anilines is 1. The van der Waals surface area contributed by atoms with Gasteiger partial charge >= 0.3 is 0 Å². The Morgan fingerprint density at radius 3 is 3.07 bits per heavy atom. The zero-order valence-corrected chi connectivity index (χ0v) is 9.45. The van der Waals surface area contributed by atoms with Crippen molar-refractivity contribution in [2.75, 3.05) is 24.6 Å². The monoisotopic (exact) mass is 225 g/mol. The lowest BCUT2D eigenvalue weighted by atomic mass is 9.98. The maximum atomic E-state index is 9.16. The van der Waals surface area contributed by atoms with E-state index in [0.717, 1.165) is 31.0 Å². The molecule has 1 fully saturated rings. The molecule has 1 saturated heterocycles. The molecule has 1 aliphatic heterocycles. The van der Waals surface area contributed by atoms with Gasteiger partial charge < -0.3 is 10.0 Å². The number of aliphatic hydroxyl groups is 1. The van der Waals surface area contributed by atoms with Crippen molar-refractivity contribution >= 4 is 17.3 Å². The van der Waals surface area contributed by atoms with E-state index in [1.807, 2.05) is 18.2 Å². The van der Waals surface area contributed by atoms with Gasteiger partial charge in [0.05, 0.1) is 0 Å². The molecule has 0 radical (unpaired) electrons. The van der Waals surface area contributed by atoms with Crippen molar-refractivity contribution in [3.63, 3.8) is 0 Å². The Morgan fingerprint density at radius 2 is 2.33 bits per heavy atom. The molecule has 1 aromatic carbocycles. The molecule has 2 nitrogen and oxygen atoms in total. The molecule has 0 bridgehead atoms. The minimum atomic E-state index is 0.289. The number of hydrogen-bond acceptors (Lipinski definition) is 2. The van der Waals surface area contributed by atoms with Crippen molar-refractivity contribution in [3.8, 4) is 0 Å². The SMILES string of the molecule is OCC1CCCN(c2cccc(Cl)c2)C1. The molecule has 1 aromatic rings. The minimum Gasteiger partial charge on any atom is -0.396 e. The molecule has 1 heterocycles. The van der Waals surface area contributed by atoms with E-state index in [4.69, 9.17) is 16.7 Å². The van der Waals surface area contributed by atoms with Crippen LogP contribution >= 0.6 is 11.6 Å². The van der Waals surface area contributed by atoms with Crippen LogP contribution in [0.1, 0.15) is 12.8 Å². The van der Waals surface area contributed by atoms with Gasteiger partial charge in [-0.05, 0) is 37.0 Å². The first-order chi connectivity index (χ1) is 7.29. The summed E-state index contributed by atoms with van der Waals surface area (Å²) in [5.74, 6) is 0.415. The number of hydrogen-bond donors (Lipinski definition) is 1. The van der Waals surface area contributed by atoms with Crippen LogP contribution in [0.15, 0.2) is 24.3 Å². The zero-order valence-electron chi connectivity index (χ0n) is 8.69. The summed E-state index contributed by atoms with van der Waals surface area (Å²) in [6, 6.07) is 7.92. The fourth-order valence-corrected chi connectivity index (χ4v) is 2.31. The summed E-state index contributed by atoms with van der Waals surface area (Å²) in [7, 11) is 0. The van der Waals surface area contributed by atoms with E-state index in [-0.39, 0.29) is 6.61 Å². The predicted molar refractivity (Wildman–Crippen MR) is 63.5 cm³/mol. The molecule has 1 unspecified atom stereocenters. The Bertz CT molecular complexity index is 329. The Morgan fingerprint density at radius 1 is 1.47 bits per heavy atom. The van der Waals surface area contributed by atoms with Gasteiger partial charge in [-0.15, -0.1) is 0 Å². The highest BCUT2D eigenvalue weighted by Gasteiger charge is 2.19. The summed E-state index contributed by atoms with van der Waals surface area (Å²) in [5.41, 5.74) is 1.17. The quantitative estimate of drug-likeness (QED) is 0.836. The molecule has 1 N–H and O–H groups in total. The molecule has 0 saturated carbocycles. The fraction of sp³-hybridized carbons (Fsp3) is 0.500. The van der Waals surface area contributed by atoms with Crippen molar-refractivity contribution in [1.29, 1.82) is 0 Å². The van der Waals surface area contributed by atoms with Crippen molar-refractivity contribution in [2.45, 2.75) is 12.8 Å². The average molecular weight is 226 g/mol. The van der Waals surface area contributed by atoms with E-state index in [1.165, 1.54) is 5.69 Å². The Kier molecular flexibility index (Phi) is 3.49. The zero-order chi connectivity index (χ0) is 10.7. The molecular weight excluding hydrogens is 210 g/mol. The number of halogens is 1. The number of piperidine rings is 1. The molecule has 15 heavy (non-hydrogen) atoms. The van der Waals surface area contributed by atoms with E-state index in [2.05, 4.69) is 11.0 Å². The second kappa shape index (κ2) is 4.86. The van der Waals surface area contributed by atoms with E-state index >= 15 is 0 Å². The normalized spacial score (nSPS) is 21.7. The number of aliphatic hydroxyl groups excluding tert-OH is 1. The number of benzene rings is 1. The summed E-state index contributed by atoms with van der Waals surface area (Å²) in [6.45, 7) is 2.30. The summed E-state index contributed by atoms with van der Waals surface area (Å²) >= 11 is 5.96. The Labute approximate surface area is 95.5 Å². The van der Waals surface area contributed by atoms with E-state index < -0.39 is 0 Å². The van der Waals surface area contributed by atoms with Crippen LogP contribution < -0.4 is 4.90 Å². The topological polar surface area (TPSA) is 23.5 Å². The Hall–Kier alpha value is -0.730. The van der Waals surface area contributed by atoms with Gasteiger partial charge in [-0.3, -0.25) is 0 Å². The van der Waals surface area contributed by atoms with Crippen LogP contribution in [0.4, 0.5) is 5.69 Å². The lowest BCUT2D eigenvalue weighted by Crippen LogP contribution is -2.36. The molecule has 0 spiro atoms. The smallest absolute Gasteiger partial charge is 0.0476 e. The molecule has 3 heteroatoms. The van der Waals surface area contributed by atoms with E-state index in [9.17, 15) is 0 Å². The molecule has 82 valence electrons. The summed E-state index contributed by atoms with van der Waals surface area (Å²) in [6.07, 6.45) is 2.28. The van der Waals surface area contributed by atoms with Crippen LogP contribution in [0.3, 0.4) is 0 Å². The minimum absolute atomic E-state index is 0.289. The molecule has 0 aliphatic carbocycles. The number of rotatable bonds is 2. The standard InChI is InChI=1S/C12H16ClNO/c13-11-4-1-5-12(7-11)14-6-2-3-10(8-14)9-15/h1,4-5,7,10,15H,2-3,6,8-9H2. The highest BCUT2D eigenvalue weighted by molar-refractivity contribution is 6.30. The van der Waals surface area contributed by atoms with Crippen LogP contribution in [0.25, 0.3) is 0 Å². The van der Waals surface area contributed by atoms with Gasteiger partial charge in [0.25, 0.3) is 0 Å². The third-order valence-electron chi connectivity index (χ3n) is 2.95. The molecule has 0 amide bonds. The third kappa shape index (κ3) is 2.64. The van der Waals surface area contributed by atoms with Gasteiger partial charge in [0.15, 0.2) is 0 Å². The van der Waals surface area contributed by atoms with Crippen LogP contribution in [-0.2, 0) is 0 Å². The van der Waals surface area contributed by atoms with Crippen molar-refractivity contribution in [2.24, 2.45) is 5.92 Å². The first-order valence-corrected chi connectivity index (χ1v) is 5.79. The summed E-state index contributed by atoms with van der Waals surface area (Å²) < 4.78 is 0. The third-order valence-corrected chi connectivity index (χ3v) is 3.19. The van der Waals surface area contributed by atoms with E-state index in [0.29, 0.717) is 5.92 Å². The number of nitrogens with zero attached hydrogens (tertiary/aromatic N) is 1. The molecule has 1 atom stereocenters. The van der Waals surface area contributed by atoms with Crippen molar-refractivity contribution < 1.29 is 5.11 Å². The highest BCUT2D eigenvalue weighted by atomic mass is 35.5. The molecule has 1 aliphatic rings. The van der Waals surface area contributed by atoms with Crippen LogP contribution in [0.5, 0.6) is 0 Å². The first kappa shape index (κ1) is 10.8. The van der Waals surface area contributed by atoms with Gasteiger partial charge in [-0.2, -0.15) is 0 Å². The van der Waals surface area contributed by atoms with Gasteiger partial charge in [-0.1, -0.05) is 17.7 Å². The second-order valence-corrected chi connectivity index (χ2v) is 4.55. The lowest BCUT2D eigenvalue weighted by molar-refractivity contribution is 0.209. The predicted octanol–water partition coefficient (Wildman–Crippen LogP) is 2.55. The highest BCUT2D eigenvalue weighted by Crippen LogP contribution is 2.24. The van der Waals surface area contributed by atoms with Crippen LogP contribution in [0, 0.1) is 5.92 Å². The van der Waals surface area contributed by atoms with Crippen molar-refractivity contribution in [1.82, 2.24) is 0 Å². The van der Waals surface area contributed by atoms with E-state index in [1.54, 1.807) is 0 Å². The molecular formula is C12H16ClNO.